The number of aliphatic hydroxyl groups is 1. The van der Waals surface area contributed by atoms with Crippen molar-refractivity contribution in [1.82, 2.24) is 0 Å². The zero-order chi connectivity index (χ0) is 9.14. The van der Waals surface area contributed by atoms with Crippen LogP contribution in [-0.2, 0) is 0 Å². The molecule has 1 aromatic rings. The van der Waals surface area contributed by atoms with Gasteiger partial charge in [0.15, 0.2) is 0 Å². The lowest BCUT2D eigenvalue weighted by Gasteiger charge is -2.08. The third-order valence-electron chi connectivity index (χ3n) is 1.53. The zero-order valence-electron chi connectivity index (χ0n) is 6.37. The van der Waals surface area contributed by atoms with Gasteiger partial charge in [0.1, 0.15) is 5.82 Å². The van der Waals surface area contributed by atoms with Crippen LogP contribution in [0.2, 0.25) is 0 Å². The van der Waals surface area contributed by atoms with E-state index < -0.39 is 6.04 Å². The predicted octanol–water partition coefficient (Wildman–Crippen LogP) is 1.74. The Morgan fingerprint density at radius 1 is 1.46 bits per heavy atom. The molecule has 74 valence electrons. The maximum absolute atomic E-state index is 12.7. The molecule has 2 nitrogen and oxygen atoms in total. The summed E-state index contributed by atoms with van der Waals surface area (Å²) in [6.45, 7) is -0.198. The molecule has 0 aliphatic carbocycles. The fraction of sp³-hybridized carbons (Fsp3) is 0.333. The van der Waals surface area contributed by atoms with Gasteiger partial charge in [0.2, 0.25) is 0 Å². The van der Waals surface area contributed by atoms with E-state index in [0.717, 1.165) is 0 Å². The average molecular weight is 203 g/mol. The normalized spacial score (nSPS) is 12.0. The minimum Gasteiger partial charge on any atom is -0.394 e. The van der Waals surface area contributed by atoms with Gasteiger partial charge in [-0.15, -0.1) is 12.6 Å². The lowest BCUT2D eigenvalue weighted by Crippen LogP contribution is -2.14. The summed E-state index contributed by atoms with van der Waals surface area (Å²) in [5.41, 5.74) is 6.04. The molecule has 0 aromatic heterocycles. The van der Waals surface area contributed by atoms with Crippen molar-refractivity contribution in [3.8, 4) is 0 Å². The first-order chi connectivity index (χ1) is 5.63. The van der Waals surface area contributed by atoms with Crippen LogP contribution >= 0.6 is 12.6 Å². The third-order valence-corrected chi connectivity index (χ3v) is 1.79. The van der Waals surface area contributed by atoms with Crippen LogP contribution in [0.15, 0.2) is 23.1 Å². The third kappa shape index (κ3) is 3.34. The van der Waals surface area contributed by atoms with Gasteiger partial charge < -0.3 is 10.8 Å². The van der Waals surface area contributed by atoms with Gasteiger partial charge in [0, 0.05) is 4.90 Å². The van der Waals surface area contributed by atoms with E-state index in [1.54, 1.807) is 6.07 Å². The van der Waals surface area contributed by atoms with Gasteiger partial charge >= 0.3 is 0 Å². The minimum absolute atomic E-state index is 0. The van der Waals surface area contributed by atoms with E-state index in [1.807, 2.05) is 0 Å². The van der Waals surface area contributed by atoms with Gasteiger partial charge in [-0.2, -0.15) is 0 Å². The number of rotatable bonds is 2. The van der Waals surface area contributed by atoms with Gasteiger partial charge in [0.25, 0.3) is 0 Å². The summed E-state index contributed by atoms with van der Waals surface area (Å²) in [6, 6.07) is 3.68. The highest BCUT2D eigenvalue weighted by Gasteiger charge is 2.05. The number of hydrogen-bond acceptors (Lipinski definition) is 3. The Kier molecular flexibility index (Phi) is 4.98. The Balaban J connectivity index is 0.00000144. The first kappa shape index (κ1) is 12.4. The lowest BCUT2D eigenvalue weighted by atomic mass is 10.1. The van der Waals surface area contributed by atoms with Crippen molar-refractivity contribution in [2.45, 2.75) is 18.4 Å². The second kappa shape index (κ2) is 5.21. The lowest BCUT2D eigenvalue weighted by molar-refractivity contribution is 0.267. The summed E-state index contributed by atoms with van der Waals surface area (Å²) in [6.07, 6.45) is 0. The maximum atomic E-state index is 12.7. The molecule has 0 fully saturated rings. The van der Waals surface area contributed by atoms with E-state index in [9.17, 15) is 4.39 Å². The molecule has 1 aromatic carbocycles. The molecule has 0 spiro atoms. The average Bonchev–Trinajstić information content (AvgIpc) is 2.01. The number of hydrogen-bond donors (Lipinski definition) is 3. The quantitative estimate of drug-likeness (QED) is 0.641. The molecule has 0 heterocycles. The Morgan fingerprint density at radius 2 is 2.08 bits per heavy atom. The summed E-state index contributed by atoms with van der Waals surface area (Å²) in [5, 5.41) is 8.70. The number of benzene rings is 1. The first-order valence-electron chi connectivity index (χ1n) is 3.49. The van der Waals surface area contributed by atoms with E-state index in [1.165, 1.54) is 12.1 Å². The highest BCUT2D eigenvalue weighted by atomic mass is 32.1. The Hall–Kier alpha value is -0.580. The molecule has 4 heteroatoms. The molecule has 0 radical (unpaired) electrons. The molecule has 0 bridgehead atoms. The van der Waals surface area contributed by atoms with Crippen molar-refractivity contribution in [2.75, 3.05) is 6.61 Å². The molecular weight excluding hydrogens is 189 g/mol. The topological polar surface area (TPSA) is 46.2 Å². The van der Waals surface area contributed by atoms with Gasteiger partial charge in [-0.3, -0.25) is 0 Å². The van der Waals surface area contributed by atoms with Crippen LogP contribution in [-0.4, -0.2) is 11.7 Å². The van der Waals surface area contributed by atoms with E-state index in [4.69, 9.17) is 10.8 Å². The molecule has 0 saturated carbocycles. The van der Waals surface area contributed by atoms with Crippen molar-refractivity contribution in [2.24, 2.45) is 5.73 Å². The summed E-state index contributed by atoms with van der Waals surface area (Å²) in [7, 11) is 0. The highest BCUT2D eigenvalue weighted by molar-refractivity contribution is 7.80. The molecule has 3 N–H and O–H groups in total. The van der Waals surface area contributed by atoms with E-state index in [-0.39, 0.29) is 19.9 Å². The maximum Gasteiger partial charge on any atom is 0.124 e. The molecular formula is C9H14FNOS. The van der Waals surface area contributed by atoms with Crippen LogP contribution in [0.5, 0.6) is 0 Å². The molecule has 1 rings (SSSR count). The fourth-order valence-electron chi connectivity index (χ4n) is 0.916. The summed E-state index contributed by atoms with van der Waals surface area (Å²) in [4.78, 5) is 0.508. The van der Waals surface area contributed by atoms with Crippen molar-refractivity contribution >= 4 is 12.6 Å². The van der Waals surface area contributed by atoms with E-state index >= 15 is 0 Å². The monoisotopic (exact) mass is 203 g/mol. The molecule has 0 amide bonds. The minimum atomic E-state index is -0.536. The zero-order valence-corrected chi connectivity index (χ0v) is 7.26. The number of nitrogens with two attached hydrogens (primary N) is 1. The van der Waals surface area contributed by atoms with E-state index in [0.29, 0.717) is 10.5 Å². The summed E-state index contributed by atoms with van der Waals surface area (Å²) >= 11 is 3.98. The SMILES string of the molecule is C.NC(CO)c1cc(F)cc(S)c1. The fourth-order valence-corrected chi connectivity index (χ4v) is 1.19. The molecule has 0 aliphatic rings. The van der Waals surface area contributed by atoms with Crippen LogP contribution < -0.4 is 5.73 Å². The molecule has 13 heavy (non-hydrogen) atoms. The van der Waals surface area contributed by atoms with Gasteiger partial charge in [0.05, 0.1) is 12.6 Å². The van der Waals surface area contributed by atoms with Crippen LogP contribution in [0, 0.1) is 5.82 Å². The number of halogens is 1. The second-order valence-corrected chi connectivity index (χ2v) is 3.05. The molecule has 0 aliphatic heterocycles. The number of aliphatic hydroxyl groups excluding tert-OH is 1. The van der Waals surface area contributed by atoms with Gasteiger partial charge in [-0.1, -0.05) is 7.43 Å². The van der Waals surface area contributed by atoms with Crippen LogP contribution in [0.1, 0.15) is 19.0 Å². The summed E-state index contributed by atoms with van der Waals surface area (Å²) < 4.78 is 12.7. The highest BCUT2D eigenvalue weighted by Crippen LogP contribution is 2.16. The van der Waals surface area contributed by atoms with Crippen molar-refractivity contribution in [3.63, 3.8) is 0 Å². The van der Waals surface area contributed by atoms with Gasteiger partial charge in [-0.25, -0.2) is 4.39 Å². The Bertz CT molecular complexity index is 260. The van der Waals surface area contributed by atoms with Crippen molar-refractivity contribution in [3.05, 3.63) is 29.6 Å². The predicted molar refractivity (Wildman–Crippen MR) is 54.4 cm³/mol. The Labute approximate surface area is 83.0 Å². The standard InChI is InChI=1S/C8H10FNOS.CH4/c9-6-1-5(8(10)4-11)2-7(12)3-6;/h1-3,8,11-12H,4,10H2;1H4. The summed E-state index contributed by atoms with van der Waals surface area (Å²) in [5.74, 6) is -0.388. The van der Waals surface area contributed by atoms with E-state index in [2.05, 4.69) is 12.6 Å². The van der Waals surface area contributed by atoms with Gasteiger partial charge in [-0.05, 0) is 23.8 Å². The molecule has 1 atom stereocenters. The largest absolute Gasteiger partial charge is 0.394 e. The molecule has 0 saturated heterocycles. The van der Waals surface area contributed by atoms with Crippen LogP contribution in [0.4, 0.5) is 4.39 Å². The Morgan fingerprint density at radius 3 is 2.54 bits per heavy atom. The van der Waals surface area contributed by atoms with Crippen LogP contribution in [0.3, 0.4) is 0 Å². The molecule has 1 unspecified atom stereocenters. The smallest absolute Gasteiger partial charge is 0.124 e. The van der Waals surface area contributed by atoms with Crippen molar-refractivity contribution in [1.29, 1.82) is 0 Å². The second-order valence-electron chi connectivity index (χ2n) is 2.53. The first-order valence-corrected chi connectivity index (χ1v) is 3.94. The van der Waals surface area contributed by atoms with Crippen LogP contribution in [0.25, 0.3) is 0 Å². The van der Waals surface area contributed by atoms with Crippen molar-refractivity contribution < 1.29 is 9.50 Å². The number of thiol groups is 1.